The molecule has 1 N–H and O–H groups in total. The van der Waals surface area contributed by atoms with Gasteiger partial charge in [-0.1, -0.05) is 32.5 Å². The van der Waals surface area contributed by atoms with Gasteiger partial charge in [0, 0.05) is 44.0 Å². The van der Waals surface area contributed by atoms with E-state index in [2.05, 4.69) is 15.1 Å². The maximum Gasteiger partial charge on any atom is 0.243 e. The van der Waals surface area contributed by atoms with Gasteiger partial charge in [-0.25, -0.2) is 13.4 Å². The predicted molar refractivity (Wildman–Crippen MR) is 135 cm³/mol. The van der Waals surface area contributed by atoms with Crippen LogP contribution in [0.4, 0.5) is 0 Å². The number of H-pyrrole nitrogens is 1. The highest BCUT2D eigenvalue weighted by Gasteiger charge is 2.28. The highest BCUT2D eigenvalue weighted by molar-refractivity contribution is 7.89. The summed E-state index contributed by atoms with van der Waals surface area (Å²) in [7, 11) is -2.66. The number of piperazine rings is 1. The van der Waals surface area contributed by atoms with Crippen LogP contribution in [-0.2, 0) is 23.5 Å². The van der Waals surface area contributed by atoms with E-state index in [1.807, 2.05) is 13.8 Å². The molecule has 0 spiro atoms. The Balaban J connectivity index is 1.98. The van der Waals surface area contributed by atoms with E-state index >= 15 is 0 Å². The number of likely N-dealkylation sites (N-methyl/N-ethyl adjacent to an activating group) is 1. The van der Waals surface area contributed by atoms with Crippen molar-refractivity contribution in [3.8, 4) is 17.1 Å². The first-order valence-electron chi connectivity index (χ1n) is 14.8. The number of fused-ring (bicyclic) bond motifs is 1. The summed E-state index contributed by atoms with van der Waals surface area (Å²) in [5.41, 5.74) is 2.00. The summed E-state index contributed by atoms with van der Waals surface area (Å²) in [6.45, 7) is -9.44. The maximum absolute atomic E-state index is 14.0. The van der Waals surface area contributed by atoms with Crippen molar-refractivity contribution in [2.75, 3.05) is 39.6 Å². The molecule has 1 saturated heterocycles. The lowest BCUT2D eigenvalue weighted by Crippen LogP contribution is -2.47. The molecule has 0 saturated carbocycles. The fourth-order valence-electron chi connectivity index (χ4n) is 3.51. The Morgan fingerprint density at radius 3 is 2.59 bits per heavy atom. The second kappa shape index (κ2) is 10.1. The molecule has 1 aliphatic rings. The van der Waals surface area contributed by atoms with Gasteiger partial charge in [-0.3, -0.25) is 4.68 Å². The number of aromatic amines is 1. The fourth-order valence-corrected chi connectivity index (χ4v) is 4.88. The van der Waals surface area contributed by atoms with Crippen LogP contribution < -0.4 is 4.74 Å². The van der Waals surface area contributed by atoms with Gasteiger partial charge in [0.2, 0.25) is 10.0 Å². The van der Waals surface area contributed by atoms with Gasteiger partial charge < -0.3 is 14.6 Å². The summed E-state index contributed by atoms with van der Waals surface area (Å²) < 4.78 is 102. The molecule has 0 aliphatic carbocycles. The number of aromatic nitrogens is 4. The third-order valence-corrected chi connectivity index (χ3v) is 6.91. The van der Waals surface area contributed by atoms with Crippen LogP contribution in [-0.4, -0.2) is 77.0 Å². The Hall–Kier alpha value is -2.34. The molecule has 0 radical (unpaired) electrons. The number of rotatable bonds is 8. The molecule has 11 heteroatoms. The van der Waals surface area contributed by atoms with Gasteiger partial charge in [0.25, 0.3) is 0 Å². The van der Waals surface area contributed by atoms with Crippen LogP contribution in [0.25, 0.3) is 22.4 Å². The van der Waals surface area contributed by atoms with Crippen molar-refractivity contribution < 1.29 is 24.1 Å². The highest BCUT2D eigenvalue weighted by atomic mass is 32.2. The van der Waals surface area contributed by atoms with E-state index in [-0.39, 0.29) is 37.6 Å². The first-order chi connectivity index (χ1) is 19.3. The summed E-state index contributed by atoms with van der Waals surface area (Å²) in [6, 6.07) is 3.48. The Labute approximate surface area is 217 Å². The monoisotopic (exact) mass is 512 g/mol. The summed E-state index contributed by atoms with van der Waals surface area (Å²) in [6.07, 6.45) is 2.04. The van der Waals surface area contributed by atoms with Crippen molar-refractivity contribution >= 4 is 33.3 Å². The Kier molecular flexibility index (Phi) is 4.86. The first-order valence-corrected chi connectivity index (χ1v) is 12.7. The van der Waals surface area contributed by atoms with Crippen molar-refractivity contribution in [1.82, 2.24) is 29.0 Å². The van der Waals surface area contributed by atoms with Crippen LogP contribution in [0.1, 0.15) is 43.3 Å². The molecule has 0 amide bonds. The van der Waals surface area contributed by atoms with Crippen LogP contribution in [0.15, 0.2) is 23.1 Å². The van der Waals surface area contributed by atoms with Crippen LogP contribution in [0.5, 0.6) is 5.75 Å². The Bertz CT molecular complexity index is 1670. The van der Waals surface area contributed by atoms with E-state index in [4.69, 9.17) is 27.9 Å². The average Bonchev–Trinajstić information content (AvgIpc) is 3.20. The molecular formula is C23H32N6O3S2. The number of ether oxygens (including phenoxy) is 1. The number of sulfonamides is 1. The minimum atomic E-state index is -5.24. The molecule has 34 heavy (non-hydrogen) atoms. The van der Waals surface area contributed by atoms with Crippen LogP contribution in [0.3, 0.4) is 0 Å². The smallest absolute Gasteiger partial charge is 0.243 e. The fraction of sp³-hybridized carbons (Fsp3) is 0.522. The largest absolute Gasteiger partial charge is 0.493 e. The zero-order valence-corrected chi connectivity index (χ0v) is 21.0. The van der Waals surface area contributed by atoms with Crippen molar-refractivity contribution in [3.05, 3.63) is 28.5 Å². The molecule has 184 valence electrons. The topological polar surface area (TPSA) is 96.3 Å². The molecule has 1 aromatic carbocycles. The third kappa shape index (κ3) is 4.74. The Morgan fingerprint density at radius 2 is 1.91 bits per heavy atom. The van der Waals surface area contributed by atoms with E-state index in [1.165, 1.54) is 6.07 Å². The molecule has 0 atom stereocenters. The van der Waals surface area contributed by atoms with Gasteiger partial charge in [-0.05, 0) is 38.1 Å². The van der Waals surface area contributed by atoms with Gasteiger partial charge in [-0.15, -0.1) is 0 Å². The van der Waals surface area contributed by atoms with Crippen molar-refractivity contribution in [3.63, 3.8) is 0 Å². The summed E-state index contributed by atoms with van der Waals surface area (Å²) in [4.78, 5) is 7.22. The number of hydrogen-bond acceptors (Lipinski definition) is 7. The number of hydrogen-bond donors (Lipinski definition) is 1. The van der Waals surface area contributed by atoms with Crippen molar-refractivity contribution in [2.45, 2.75) is 38.0 Å². The molecule has 0 unspecified atom stereocenters. The minimum absolute atomic E-state index is 0.116. The van der Waals surface area contributed by atoms with Crippen molar-refractivity contribution in [1.29, 1.82) is 0 Å². The lowest BCUT2D eigenvalue weighted by atomic mass is 10.1. The molecular weight excluding hydrogens is 472 g/mol. The van der Waals surface area contributed by atoms with Gasteiger partial charge in [0.05, 0.1) is 28.3 Å². The zero-order chi connectivity index (χ0) is 31.6. The summed E-state index contributed by atoms with van der Waals surface area (Å²) in [5, 5.41) is 4.52. The van der Waals surface area contributed by atoms with Gasteiger partial charge >= 0.3 is 0 Å². The number of benzene rings is 1. The van der Waals surface area contributed by atoms with Gasteiger partial charge in [0.1, 0.15) is 17.1 Å². The average molecular weight is 513 g/mol. The van der Waals surface area contributed by atoms with E-state index in [1.54, 1.807) is 11.7 Å². The van der Waals surface area contributed by atoms with E-state index in [0.717, 1.165) is 25.6 Å². The third-order valence-electron chi connectivity index (χ3n) is 5.11. The summed E-state index contributed by atoms with van der Waals surface area (Å²) in [5.74, 6) is 0.334. The van der Waals surface area contributed by atoms with Crippen LogP contribution >= 0.6 is 12.2 Å². The van der Waals surface area contributed by atoms with Crippen LogP contribution in [0, 0.1) is 4.64 Å². The van der Waals surface area contributed by atoms with Crippen LogP contribution in [0.2, 0.25) is 0 Å². The second-order valence-corrected chi connectivity index (χ2v) is 9.89. The van der Waals surface area contributed by atoms with Crippen molar-refractivity contribution in [2.24, 2.45) is 7.05 Å². The minimum Gasteiger partial charge on any atom is -0.493 e. The molecule has 1 aliphatic heterocycles. The SMILES string of the molecule is [2H]C1([2H])N(C)C([2H])([2H])C([2H])([2H])N(S(=O)(=O)c2ccc(OCCC)c(-c3nc(=S)c4c([nH]3)c(CCC)nn4C)c2)C1([2H])[2H]. The van der Waals surface area contributed by atoms with E-state index in [0.29, 0.717) is 29.6 Å². The number of nitrogens with zero attached hydrogens (tertiary/aromatic N) is 5. The molecule has 3 heterocycles. The molecule has 4 rings (SSSR count). The highest BCUT2D eigenvalue weighted by Crippen LogP contribution is 2.33. The predicted octanol–water partition coefficient (Wildman–Crippen LogP) is 3.37. The first kappa shape index (κ1) is 16.4. The number of aryl methyl sites for hydroxylation is 2. The number of nitrogens with one attached hydrogen (secondary N) is 1. The quantitative estimate of drug-likeness (QED) is 0.462. The van der Waals surface area contributed by atoms with E-state index in [9.17, 15) is 8.42 Å². The zero-order valence-electron chi connectivity index (χ0n) is 27.3. The lowest BCUT2D eigenvalue weighted by molar-refractivity contribution is 0.222. The van der Waals surface area contributed by atoms with Gasteiger partial charge in [-0.2, -0.15) is 9.40 Å². The van der Waals surface area contributed by atoms with Gasteiger partial charge in [0.15, 0.2) is 4.64 Å². The second-order valence-electron chi connectivity index (χ2n) is 7.72. The Morgan fingerprint density at radius 1 is 1.18 bits per heavy atom. The maximum atomic E-state index is 14.0. The standard InChI is InChI=1S/C23H32N6O3S2/c1-5-7-18-20-21(28(4)26-18)23(33)25-22(24-20)17-15-16(8-9-19(17)32-14-6-2)34(30,31)29-12-10-27(3)11-13-29/h8-9,15H,5-7,10-14H2,1-4H3,(H,24,25,33)/i10D2,11D2,12D2,13D2. The molecule has 9 nitrogen and oxygen atoms in total. The normalized spacial score (nSPS) is 25.2. The molecule has 0 bridgehead atoms. The molecule has 1 fully saturated rings. The molecule has 3 aromatic rings. The summed E-state index contributed by atoms with van der Waals surface area (Å²) >= 11 is 5.54. The lowest BCUT2D eigenvalue weighted by Gasteiger charge is -2.31. The van der Waals surface area contributed by atoms with E-state index < -0.39 is 40.9 Å². The molecule has 2 aromatic heterocycles.